The molecule has 0 radical (unpaired) electrons. The minimum atomic E-state index is -1.04. The molecule has 3 rings (SSSR count). The van der Waals surface area contributed by atoms with Gasteiger partial charge in [-0.05, 0) is 13.0 Å². The van der Waals surface area contributed by atoms with Crippen LogP contribution in [-0.4, -0.2) is 30.6 Å². The fourth-order valence-electron chi connectivity index (χ4n) is 2.41. The Hall–Kier alpha value is -2.34. The number of benzene rings is 1. The third-order valence-electron chi connectivity index (χ3n) is 3.44. The number of carboxylic acid groups (broad SMARTS) is 1. The van der Waals surface area contributed by atoms with E-state index >= 15 is 0 Å². The lowest BCUT2D eigenvalue weighted by molar-refractivity contribution is 0.0691. The first-order chi connectivity index (χ1) is 9.99. The van der Waals surface area contributed by atoms with Crippen LogP contribution in [0, 0.1) is 6.92 Å². The lowest BCUT2D eigenvalue weighted by atomic mass is 10.2. The molecule has 2 heterocycles. The summed E-state index contributed by atoms with van der Waals surface area (Å²) in [6, 6.07) is 7.24. The third kappa shape index (κ3) is 2.17. The Kier molecular flexibility index (Phi) is 3.17. The predicted molar refractivity (Wildman–Crippen MR) is 78.7 cm³/mol. The highest BCUT2D eigenvalue weighted by Crippen LogP contribution is 2.23. The highest BCUT2D eigenvalue weighted by molar-refractivity contribution is 6.30. The largest absolute Gasteiger partial charge is 0.476 e. The average molecular weight is 305 g/mol. The van der Waals surface area contributed by atoms with E-state index in [4.69, 9.17) is 11.6 Å². The smallest absolute Gasteiger partial charge is 0.357 e. The van der Waals surface area contributed by atoms with Gasteiger partial charge in [0.1, 0.15) is 5.15 Å². The van der Waals surface area contributed by atoms with Gasteiger partial charge < -0.3 is 5.11 Å². The molecule has 1 aromatic carbocycles. The zero-order chi connectivity index (χ0) is 15.1. The number of aryl methyl sites for hydroxylation is 2. The van der Waals surface area contributed by atoms with Crippen LogP contribution in [0.5, 0.6) is 0 Å². The van der Waals surface area contributed by atoms with Crippen LogP contribution >= 0.6 is 11.6 Å². The molecule has 0 aliphatic heterocycles. The summed E-state index contributed by atoms with van der Waals surface area (Å²) in [5, 5.41) is 18.9. The Morgan fingerprint density at radius 2 is 2.05 bits per heavy atom. The molecule has 1 N–H and O–H groups in total. The number of halogens is 1. The lowest BCUT2D eigenvalue weighted by Gasteiger charge is -2.03. The monoisotopic (exact) mass is 304 g/mol. The van der Waals surface area contributed by atoms with Gasteiger partial charge in [-0.2, -0.15) is 10.2 Å². The molecule has 0 bridgehead atoms. The van der Waals surface area contributed by atoms with Crippen LogP contribution in [0.2, 0.25) is 5.15 Å². The van der Waals surface area contributed by atoms with Crippen molar-refractivity contribution in [3.8, 4) is 0 Å². The summed E-state index contributed by atoms with van der Waals surface area (Å²) < 4.78 is 3.24. The Bertz CT molecular complexity index is 850. The van der Waals surface area contributed by atoms with Crippen LogP contribution in [0.1, 0.15) is 21.7 Å². The van der Waals surface area contributed by atoms with Crippen molar-refractivity contribution in [1.29, 1.82) is 0 Å². The normalized spacial score (nSPS) is 11.2. The van der Waals surface area contributed by atoms with Crippen LogP contribution in [-0.2, 0) is 13.6 Å². The van der Waals surface area contributed by atoms with Crippen molar-refractivity contribution in [2.45, 2.75) is 13.5 Å². The van der Waals surface area contributed by atoms with E-state index in [1.54, 1.807) is 28.5 Å². The van der Waals surface area contributed by atoms with E-state index in [2.05, 4.69) is 10.2 Å². The van der Waals surface area contributed by atoms with E-state index < -0.39 is 5.97 Å². The van der Waals surface area contributed by atoms with Crippen LogP contribution < -0.4 is 0 Å². The van der Waals surface area contributed by atoms with Crippen molar-refractivity contribution in [3.05, 3.63) is 46.4 Å². The van der Waals surface area contributed by atoms with Crippen LogP contribution in [0.15, 0.2) is 24.3 Å². The van der Waals surface area contributed by atoms with E-state index in [9.17, 15) is 9.90 Å². The van der Waals surface area contributed by atoms with Gasteiger partial charge >= 0.3 is 5.97 Å². The van der Waals surface area contributed by atoms with E-state index in [-0.39, 0.29) is 5.69 Å². The molecular formula is C14H13ClN4O2. The highest BCUT2D eigenvalue weighted by Gasteiger charge is 2.18. The van der Waals surface area contributed by atoms with Gasteiger partial charge in [-0.25, -0.2) is 4.79 Å². The molecule has 0 unspecified atom stereocenters. The maximum atomic E-state index is 11.3. The number of carboxylic acids is 1. The number of carbonyl (C=O) groups is 1. The average Bonchev–Trinajstić information content (AvgIpc) is 2.93. The van der Waals surface area contributed by atoms with Gasteiger partial charge in [-0.1, -0.05) is 29.8 Å². The molecule has 0 atom stereocenters. The van der Waals surface area contributed by atoms with Crippen LogP contribution in [0.3, 0.4) is 0 Å². The standard InChI is InChI=1S/C14H13ClN4O2/c1-8-10(13(15)18(2)16-8)7-19-11-6-4-3-5-9(11)12(17-19)14(20)21/h3-6H,7H2,1-2H3,(H,20,21). The Balaban J connectivity index is 2.15. The number of para-hydroxylation sites is 1. The van der Waals surface area contributed by atoms with Crippen LogP contribution in [0.25, 0.3) is 10.9 Å². The summed E-state index contributed by atoms with van der Waals surface area (Å²) >= 11 is 6.23. The first-order valence-electron chi connectivity index (χ1n) is 6.36. The van der Waals surface area contributed by atoms with E-state index in [1.165, 1.54) is 0 Å². The molecule has 21 heavy (non-hydrogen) atoms. The fourth-order valence-corrected chi connectivity index (χ4v) is 2.64. The quantitative estimate of drug-likeness (QED) is 0.807. The zero-order valence-corrected chi connectivity index (χ0v) is 12.3. The molecule has 2 aromatic heterocycles. The first-order valence-corrected chi connectivity index (χ1v) is 6.73. The second-order valence-electron chi connectivity index (χ2n) is 4.81. The van der Waals surface area contributed by atoms with Crippen molar-refractivity contribution < 1.29 is 9.90 Å². The van der Waals surface area contributed by atoms with E-state index in [0.717, 1.165) is 16.8 Å². The Labute approximate surface area is 125 Å². The number of hydrogen-bond donors (Lipinski definition) is 1. The number of fused-ring (bicyclic) bond motifs is 1. The fraction of sp³-hybridized carbons (Fsp3) is 0.214. The summed E-state index contributed by atoms with van der Waals surface area (Å²) in [7, 11) is 1.77. The van der Waals surface area contributed by atoms with Gasteiger partial charge in [0.25, 0.3) is 0 Å². The molecule has 0 fully saturated rings. The van der Waals surface area contributed by atoms with Crippen LogP contribution in [0.4, 0.5) is 0 Å². The molecule has 108 valence electrons. The van der Waals surface area contributed by atoms with Gasteiger partial charge in [-0.15, -0.1) is 0 Å². The maximum absolute atomic E-state index is 11.3. The molecule has 0 amide bonds. The highest BCUT2D eigenvalue weighted by atomic mass is 35.5. The number of hydrogen-bond acceptors (Lipinski definition) is 3. The minimum absolute atomic E-state index is 0.0447. The van der Waals surface area contributed by atoms with Crippen molar-refractivity contribution in [3.63, 3.8) is 0 Å². The number of rotatable bonds is 3. The lowest BCUT2D eigenvalue weighted by Crippen LogP contribution is -2.05. The summed E-state index contributed by atoms with van der Waals surface area (Å²) in [6.07, 6.45) is 0. The van der Waals surface area contributed by atoms with Gasteiger partial charge in [0.2, 0.25) is 0 Å². The molecule has 0 aliphatic carbocycles. The van der Waals surface area contributed by atoms with E-state index in [0.29, 0.717) is 17.1 Å². The second-order valence-corrected chi connectivity index (χ2v) is 5.16. The minimum Gasteiger partial charge on any atom is -0.476 e. The summed E-state index contributed by atoms with van der Waals surface area (Å²) in [6.45, 7) is 2.25. The van der Waals surface area contributed by atoms with Crippen molar-refractivity contribution >= 4 is 28.5 Å². The van der Waals surface area contributed by atoms with Gasteiger partial charge in [-0.3, -0.25) is 9.36 Å². The molecule has 0 saturated heterocycles. The molecule has 3 aromatic rings. The Morgan fingerprint density at radius 1 is 1.33 bits per heavy atom. The molecule has 7 heteroatoms. The number of nitrogens with zero attached hydrogens (tertiary/aromatic N) is 4. The predicted octanol–water partition coefficient (Wildman–Crippen LogP) is 2.48. The second kappa shape index (κ2) is 4.89. The summed E-state index contributed by atoms with van der Waals surface area (Å²) in [4.78, 5) is 11.3. The first kappa shape index (κ1) is 13.6. The number of aromatic carboxylic acids is 1. The van der Waals surface area contributed by atoms with Crippen molar-refractivity contribution in [1.82, 2.24) is 19.6 Å². The van der Waals surface area contributed by atoms with E-state index in [1.807, 2.05) is 19.1 Å². The van der Waals surface area contributed by atoms with Gasteiger partial charge in [0.15, 0.2) is 5.69 Å². The topological polar surface area (TPSA) is 72.9 Å². The molecule has 0 spiro atoms. The maximum Gasteiger partial charge on any atom is 0.357 e. The summed E-state index contributed by atoms with van der Waals surface area (Å²) in [5.41, 5.74) is 2.45. The van der Waals surface area contributed by atoms with Crippen molar-refractivity contribution in [2.75, 3.05) is 0 Å². The van der Waals surface area contributed by atoms with Gasteiger partial charge in [0, 0.05) is 18.0 Å². The number of aromatic nitrogens is 4. The zero-order valence-electron chi connectivity index (χ0n) is 11.5. The molecule has 6 nitrogen and oxygen atoms in total. The summed E-state index contributed by atoms with van der Waals surface area (Å²) in [5.74, 6) is -1.04. The molecule has 0 saturated carbocycles. The van der Waals surface area contributed by atoms with Gasteiger partial charge in [0.05, 0.1) is 17.8 Å². The van der Waals surface area contributed by atoms with Crippen molar-refractivity contribution in [2.24, 2.45) is 7.05 Å². The SMILES string of the molecule is Cc1nn(C)c(Cl)c1Cn1nc(C(=O)O)c2ccccc21. The third-order valence-corrected chi connectivity index (χ3v) is 3.91. The molecule has 0 aliphatic rings. The Morgan fingerprint density at radius 3 is 2.67 bits per heavy atom. The molecular weight excluding hydrogens is 292 g/mol.